The Morgan fingerprint density at radius 2 is 1.76 bits per heavy atom. The lowest BCUT2D eigenvalue weighted by Crippen LogP contribution is -2.26. The normalized spacial score (nSPS) is 10.7. The van der Waals surface area contributed by atoms with Gasteiger partial charge in [0.2, 0.25) is 0 Å². The fourth-order valence-corrected chi connectivity index (χ4v) is 3.47. The summed E-state index contributed by atoms with van der Waals surface area (Å²) in [6, 6.07) is 19.4. The van der Waals surface area contributed by atoms with Gasteiger partial charge in [-0.15, -0.1) is 0 Å². The van der Waals surface area contributed by atoms with Crippen molar-refractivity contribution < 1.29 is 4.79 Å². The standard InChI is InChI=1S/C23H19BrN4O/c1-28(23(29)17-8-11-25-12-9-17)19-5-2-16(3-6-19)15-27-22-10-13-26-21-7-4-18(24)14-20(21)22/h2-14H,15H2,1H3,(H,26,27). The average Bonchev–Trinajstić information content (AvgIpc) is 2.77. The van der Waals surface area contributed by atoms with E-state index in [4.69, 9.17) is 0 Å². The van der Waals surface area contributed by atoms with Crippen LogP contribution in [-0.4, -0.2) is 22.9 Å². The van der Waals surface area contributed by atoms with Crippen LogP contribution in [0, 0.1) is 0 Å². The molecule has 1 N–H and O–H groups in total. The van der Waals surface area contributed by atoms with E-state index in [1.807, 2.05) is 42.5 Å². The monoisotopic (exact) mass is 446 g/mol. The van der Waals surface area contributed by atoms with Gasteiger partial charge in [0.15, 0.2) is 0 Å². The third-order valence-corrected chi connectivity index (χ3v) is 5.24. The Hall–Kier alpha value is -3.25. The highest BCUT2D eigenvalue weighted by Crippen LogP contribution is 2.26. The largest absolute Gasteiger partial charge is 0.380 e. The summed E-state index contributed by atoms with van der Waals surface area (Å²) in [5.74, 6) is -0.0629. The number of benzene rings is 2. The molecule has 0 unspecified atom stereocenters. The van der Waals surface area contributed by atoms with E-state index in [0.29, 0.717) is 12.1 Å². The molecule has 2 aromatic carbocycles. The topological polar surface area (TPSA) is 58.1 Å². The first-order valence-corrected chi connectivity index (χ1v) is 9.96. The van der Waals surface area contributed by atoms with Crippen molar-refractivity contribution in [1.29, 1.82) is 0 Å². The van der Waals surface area contributed by atoms with E-state index in [2.05, 4.69) is 37.3 Å². The van der Waals surface area contributed by atoms with Crippen LogP contribution < -0.4 is 10.2 Å². The van der Waals surface area contributed by atoms with Gasteiger partial charge >= 0.3 is 0 Å². The number of nitrogens with zero attached hydrogens (tertiary/aromatic N) is 3. The van der Waals surface area contributed by atoms with Gasteiger partial charge in [-0.05, 0) is 54.1 Å². The van der Waals surface area contributed by atoms with Crippen molar-refractivity contribution in [3.05, 3.63) is 94.9 Å². The molecule has 0 fully saturated rings. The van der Waals surface area contributed by atoms with Crippen LogP contribution in [-0.2, 0) is 6.54 Å². The van der Waals surface area contributed by atoms with Gasteiger partial charge in [-0.2, -0.15) is 0 Å². The summed E-state index contributed by atoms with van der Waals surface area (Å²) in [7, 11) is 1.77. The third-order valence-electron chi connectivity index (χ3n) is 4.74. The highest BCUT2D eigenvalue weighted by molar-refractivity contribution is 9.10. The maximum atomic E-state index is 12.6. The number of carbonyl (C=O) groups excluding carboxylic acids is 1. The molecule has 6 heteroatoms. The van der Waals surface area contributed by atoms with Crippen LogP contribution in [0.25, 0.3) is 10.9 Å². The number of aromatic nitrogens is 2. The van der Waals surface area contributed by atoms with Crippen LogP contribution >= 0.6 is 15.9 Å². The Bertz CT molecular complexity index is 1150. The van der Waals surface area contributed by atoms with Crippen molar-refractivity contribution in [3.63, 3.8) is 0 Å². The summed E-state index contributed by atoms with van der Waals surface area (Å²) in [4.78, 5) is 22.6. The first-order chi connectivity index (χ1) is 14.1. The van der Waals surface area contributed by atoms with E-state index >= 15 is 0 Å². The Labute approximate surface area is 177 Å². The molecule has 0 aliphatic heterocycles. The van der Waals surface area contributed by atoms with Gasteiger partial charge in [0.05, 0.1) is 5.52 Å². The maximum Gasteiger partial charge on any atom is 0.258 e. The number of halogens is 1. The van der Waals surface area contributed by atoms with Crippen LogP contribution in [0.5, 0.6) is 0 Å². The number of fused-ring (bicyclic) bond motifs is 1. The predicted octanol–water partition coefficient (Wildman–Crippen LogP) is 5.28. The molecule has 0 aliphatic rings. The minimum absolute atomic E-state index is 0.0629. The number of nitrogens with one attached hydrogen (secondary N) is 1. The average molecular weight is 447 g/mol. The summed E-state index contributed by atoms with van der Waals surface area (Å²) in [6.07, 6.45) is 5.05. The van der Waals surface area contributed by atoms with Crippen molar-refractivity contribution in [2.45, 2.75) is 6.54 Å². The third kappa shape index (κ3) is 4.27. The maximum absolute atomic E-state index is 12.6. The van der Waals surface area contributed by atoms with E-state index in [-0.39, 0.29) is 5.91 Å². The van der Waals surface area contributed by atoms with E-state index < -0.39 is 0 Å². The van der Waals surface area contributed by atoms with Crippen molar-refractivity contribution in [3.8, 4) is 0 Å². The highest BCUT2D eigenvalue weighted by Gasteiger charge is 2.13. The molecular weight excluding hydrogens is 428 g/mol. The summed E-state index contributed by atoms with van der Waals surface area (Å²) in [5.41, 5.74) is 4.56. The molecule has 4 aromatic rings. The second kappa shape index (κ2) is 8.41. The second-order valence-corrected chi connectivity index (χ2v) is 7.56. The van der Waals surface area contributed by atoms with Gasteiger partial charge < -0.3 is 10.2 Å². The smallest absolute Gasteiger partial charge is 0.258 e. The molecule has 0 spiro atoms. The molecule has 2 heterocycles. The zero-order valence-corrected chi connectivity index (χ0v) is 17.4. The number of anilines is 2. The Balaban J connectivity index is 1.46. The highest BCUT2D eigenvalue weighted by atomic mass is 79.9. The zero-order chi connectivity index (χ0) is 20.2. The van der Waals surface area contributed by atoms with E-state index in [1.165, 1.54) is 0 Å². The molecule has 5 nitrogen and oxygen atoms in total. The quantitative estimate of drug-likeness (QED) is 0.452. The zero-order valence-electron chi connectivity index (χ0n) is 15.8. The van der Waals surface area contributed by atoms with Gasteiger partial charge in [-0.25, -0.2) is 0 Å². The Kier molecular flexibility index (Phi) is 5.53. The lowest BCUT2D eigenvalue weighted by atomic mass is 10.1. The molecule has 2 aromatic heterocycles. The van der Waals surface area contributed by atoms with Crippen LogP contribution in [0.2, 0.25) is 0 Å². The van der Waals surface area contributed by atoms with Crippen molar-refractivity contribution in [1.82, 2.24) is 9.97 Å². The van der Waals surface area contributed by atoms with E-state index in [1.54, 1.807) is 42.7 Å². The SMILES string of the molecule is CN(C(=O)c1ccncc1)c1ccc(CNc2ccnc3ccc(Br)cc23)cc1. The molecule has 0 atom stereocenters. The molecule has 29 heavy (non-hydrogen) atoms. The predicted molar refractivity (Wildman–Crippen MR) is 120 cm³/mol. The molecule has 144 valence electrons. The molecule has 0 aliphatic carbocycles. The fraction of sp³-hybridized carbons (Fsp3) is 0.0870. The van der Waals surface area contributed by atoms with Crippen LogP contribution in [0.15, 0.2) is 83.7 Å². The molecule has 0 bridgehead atoms. The van der Waals surface area contributed by atoms with Gasteiger partial charge in [-0.1, -0.05) is 28.1 Å². The molecule has 1 amide bonds. The first kappa shape index (κ1) is 19.1. The lowest BCUT2D eigenvalue weighted by molar-refractivity contribution is 0.0993. The summed E-state index contributed by atoms with van der Waals surface area (Å²) in [6.45, 7) is 0.675. The van der Waals surface area contributed by atoms with Crippen LogP contribution in [0.4, 0.5) is 11.4 Å². The second-order valence-electron chi connectivity index (χ2n) is 6.64. The minimum atomic E-state index is -0.0629. The first-order valence-electron chi connectivity index (χ1n) is 9.17. The van der Waals surface area contributed by atoms with E-state index in [0.717, 1.165) is 32.3 Å². The number of pyridine rings is 2. The van der Waals surface area contributed by atoms with Crippen molar-refractivity contribution in [2.75, 3.05) is 17.3 Å². The van der Waals surface area contributed by atoms with Crippen LogP contribution in [0.1, 0.15) is 15.9 Å². The number of rotatable bonds is 5. The Morgan fingerprint density at radius 1 is 1.00 bits per heavy atom. The minimum Gasteiger partial charge on any atom is -0.380 e. The Morgan fingerprint density at radius 3 is 2.52 bits per heavy atom. The van der Waals surface area contributed by atoms with Gasteiger partial charge in [-0.3, -0.25) is 14.8 Å². The molecule has 0 radical (unpaired) electrons. The summed E-state index contributed by atoms with van der Waals surface area (Å²) < 4.78 is 1.02. The van der Waals surface area contributed by atoms with Crippen molar-refractivity contribution in [2.24, 2.45) is 0 Å². The molecule has 0 saturated heterocycles. The van der Waals surface area contributed by atoms with E-state index in [9.17, 15) is 4.79 Å². The van der Waals surface area contributed by atoms with Crippen LogP contribution in [0.3, 0.4) is 0 Å². The number of hydrogen-bond donors (Lipinski definition) is 1. The number of amides is 1. The lowest BCUT2D eigenvalue weighted by Gasteiger charge is -2.18. The molecule has 4 rings (SSSR count). The number of carbonyl (C=O) groups is 1. The van der Waals surface area contributed by atoms with Gasteiger partial charge in [0.25, 0.3) is 5.91 Å². The van der Waals surface area contributed by atoms with Gasteiger partial charge in [0.1, 0.15) is 0 Å². The summed E-state index contributed by atoms with van der Waals surface area (Å²) >= 11 is 3.52. The number of hydrogen-bond acceptors (Lipinski definition) is 4. The summed E-state index contributed by atoms with van der Waals surface area (Å²) in [5, 5.41) is 4.55. The fourth-order valence-electron chi connectivity index (χ4n) is 3.11. The van der Waals surface area contributed by atoms with Crippen molar-refractivity contribution >= 4 is 44.1 Å². The molecule has 0 saturated carbocycles. The van der Waals surface area contributed by atoms with Gasteiger partial charge in [0, 0.05) is 59.0 Å². The molecular formula is C23H19BrN4O.